The van der Waals surface area contributed by atoms with Gasteiger partial charge in [-0.05, 0) is 41.2 Å². The zero-order chi connectivity index (χ0) is 19.9. The Labute approximate surface area is 170 Å². The molecular weight excluding hydrogens is 360 g/mol. The number of hydrogen-bond donors (Lipinski definition) is 0. The number of rotatable bonds is 4. The van der Waals surface area contributed by atoms with Gasteiger partial charge in [0.05, 0.1) is 11.7 Å². The predicted molar refractivity (Wildman–Crippen MR) is 116 cm³/mol. The van der Waals surface area contributed by atoms with E-state index in [0.717, 1.165) is 6.42 Å². The number of hydrogen-bond acceptors (Lipinski definition) is 2. The molecule has 0 spiro atoms. The summed E-state index contributed by atoms with van der Waals surface area (Å²) < 4.78 is 13.5. The van der Waals surface area contributed by atoms with Crippen LogP contribution in [0.2, 0.25) is 18.1 Å². The smallest absolute Gasteiger partial charge is 0.192 e. The minimum atomic E-state index is -1.89. The molecule has 4 aliphatic rings. The highest BCUT2D eigenvalue weighted by atomic mass is 28.4. The molecule has 0 heterocycles. The Bertz CT molecular complexity index is 916. The van der Waals surface area contributed by atoms with E-state index in [1.54, 1.807) is 0 Å². The van der Waals surface area contributed by atoms with Gasteiger partial charge in [-0.1, -0.05) is 75.4 Å². The first-order chi connectivity index (χ1) is 13.2. The fourth-order valence-corrected chi connectivity index (χ4v) is 7.72. The maximum atomic E-state index is 7.25. The first kappa shape index (κ1) is 18.6. The topological polar surface area (TPSA) is 18.5 Å². The van der Waals surface area contributed by atoms with Gasteiger partial charge < -0.3 is 9.16 Å². The summed E-state index contributed by atoms with van der Waals surface area (Å²) in [5.41, 5.74) is 4.16. The minimum absolute atomic E-state index is 0.0616. The number of benzene rings is 2. The Hall–Kier alpha value is -1.42. The maximum absolute atomic E-state index is 7.25. The average molecular weight is 393 g/mol. The second-order valence-corrected chi connectivity index (χ2v) is 15.3. The van der Waals surface area contributed by atoms with Gasteiger partial charge in [0, 0.05) is 24.4 Å². The van der Waals surface area contributed by atoms with Gasteiger partial charge in [-0.2, -0.15) is 0 Å². The van der Waals surface area contributed by atoms with E-state index in [1.807, 2.05) is 7.11 Å². The van der Waals surface area contributed by atoms with Crippen LogP contribution in [0.25, 0.3) is 0 Å². The molecule has 28 heavy (non-hydrogen) atoms. The van der Waals surface area contributed by atoms with Gasteiger partial charge in [-0.3, -0.25) is 0 Å². The van der Waals surface area contributed by atoms with Crippen molar-refractivity contribution in [1.29, 1.82) is 0 Å². The number of ether oxygens (including phenoxy) is 1. The molecule has 3 heteroatoms. The molecule has 2 nitrogen and oxygen atoms in total. The molecule has 148 valence electrons. The zero-order valence-electron chi connectivity index (χ0n) is 18.0. The molecular formula is C25H32O2Si. The van der Waals surface area contributed by atoms with E-state index in [0.29, 0.717) is 11.8 Å². The lowest BCUT2D eigenvalue weighted by Gasteiger charge is -2.47. The van der Waals surface area contributed by atoms with Gasteiger partial charge in [-0.15, -0.1) is 0 Å². The van der Waals surface area contributed by atoms with E-state index in [4.69, 9.17) is 9.16 Å². The molecule has 2 fully saturated rings. The molecule has 5 atom stereocenters. The first-order valence-corrected chi connectivity index (χ1v) is 13.5. The van der Waals surface area contributed by atoms with Gasteiger partial charge in [-0.25, -0.2) is 0 Å². The molecule has 0 aromatic heterocycles. The lowest BCUT2D eigenvalue weighted by Crippen LogP contribution is -2.49. The van der Waals surface area contributed by atoms with Crippen molar-refractivity contribution in [2.24, 2.45) is 5.92 Å². The summed E-state index contributed by atoms with van der Waals surface area (Å²) >= 11 is 0. The summed E-state index contributed by atoms with van der Waals surface area (Å²) in [5.74, 6) is 0.940. The van der Waals surface area contributed by atoms with Crippen molar-refractivity contribution in [2.45, 2.75) is 68.4 Å². The van der Waals surface area contributed by atoms with E-state index in [-0.39, 0.29) is 22.2 Å². The fourth-order valence-electron chi connectivity index (χ4n) is 6.13. The van der Waals surface area contributed by atoms with Crippen molar-refractivity contribution in [2.75, 3.05) is 7.11 Å². The van der Waals surface area contributed by atoms with E-state index in [1.165, 1.54) is 16.7 Å². The highest BCUT2D eigenvalue weighted by molar-refractivity contribution is 6.74. The summed E-state index contributed by atoms with van der Waals surface area (Å²) in [6.45, 7) is 11.8. The zero-order valence-corrected chi connectivity index (χ0v) is 19.0. The van der Waals surface area contributed by atoms with Crippen molar-refractivity contribution in [3.8, 4) is 0 Å². The van der Waals surface area contributed by atoms with Crippen molar-refractivity contribution >= 4 is 8.32 Å². The highest BCUT2D eigenvalue weighted by Gasteiger charge is 2.83. The van der Waals surface area contributed by atoms with Crippen LogP contribution in [0.15, 0.2) is 54.6 Å². The Balaban J connectivity index is 1.70. The monoisotopic (exact) mass is 392 g/mol. The average Bonchev–Trinajstić information content (AvgIpc) is 3.20. The third-order valence-electron chi connectivity index (χ3n) is 8.28. The van der Waals surface area contributed by atoms with Gasteiger partial charge in [0.1, 0.15) is 0 Å². The molecule has 0 unspecified atom stereocenters. The predicted octanol–water partition coefficient (Wildman–Crippen LogP) is 5.88. The van der Waals surface area contributed by atoms with Crippen LogP contribution in [0, 0.1) is 5.92 Å². The van der Waals surface area contributed by atoms with Crippen LogP contribution < -0.4 is 0 Å². The Morgan fingerprint density at radius 2 is 1.61 bits per heavy atom. The molecule has 0 N–H and O–H groups in total. The standard InChI is InChI=1S/C25H32O2Si/c1-23(2,3)28(5,6)27-25-16-24(17-12-8-7-9-13-17)19-15-11-10-14-18(19)20(25)21(25)22(24)26-4/h7-15,20-22H,16H2,1-6H3/t20-,21+,22+,24-,25+/m1/s1. The second-order valence-electron chi connectivity index (χ2n) is 10.6. The molecule has 4 aliphatic carbocycles. The van der Waals surface area contributed by atoms with Gasteiger partial charge in [0.2, 0.25) is 0 Å². The van der Waals surface area contributed by atoms with E-state index >= 15 is 0 Å². The molecule has 0 amide bonds. The molecule has 2 aromatic carbocycles. The lowest BCUT2D eigenvalue weighted by atomic mass is 9.62. The van der Waals surface area contributed by atoms with Crippen LogP contribution in [0.1, 0.15) is 49.8 Å². The van der Waals surface area contributed by atoms with Crippen molar-refractivity contribution in [3.05, 3.63) is 71.3 Å². The summed E-state index contributed by atoms with van der Waals surface area (Å²) in [6.07, 6.45) is 1.22. The highest BCUT2D eigenvalue weighted by Crippen LogP contribution is 2.80. The van der Waals surface area contributed by atoms with Gasteiger partial charge in [0.15, 0.2) is 8.32 Å². The quantitative estimate of drug-likeness (QED) is 0.605. The maximum Gasteiger partial charge on any atom is 0.192 e. The third kappa shape index (κ3) is 2.10. The van der Waals surface area contributed by atoms with Crippen molar-refractivity contribution < 1.29 is 9.16 Å². The summed E-state index contributed by atoms with van der Waals surface area (Å²) in [7, 11) is 0.00576. The van der Waals surface area contributed by atoms with E-state index in [2.05, 4.69) is 88.5 Å². The van der Waals surface area contributed by atoms with Gasteiger partial charge >= 0.3 is 0 Å². The largest absolute Gasteiger partial charge is 0.410 e. The Morgan fingerprint density at radius 1 is 0.964 bits per heavy atom. The summed E-state index contributed by atoms with van der Waals surface area (Å²) in [6, 6.07) is 20.1. The van der Waals surface area contributed by atoms with Crippen LogP contribution in [0.3, 0.4) is 0 Å². The first-order valence-electron chi connectivity index (χ1n) is 10.6. The molecule has 2 saturated carbocycles. The molecule has 0 aliphatic heterocycles. The van der Waals surface area contributed by atoms with Crippen LogP contribution in [-0.2, 0) is 14.6 Å². The van der Waals surface area contributed by atoms with Crippen molar-refractivity contribution in [1.82, 2.24) is 0 Å². The van der Waals surface area contributed by atoms with Crippen molar-refractivity contribution in [3.63, 3.8) is 0 Å². The molecule has 0 saturated heterocycles. The van der Waals surface area contributed by atoms with Crippen LogP contribution >= 0.6 is 0 Å². The Morgan fingerprint density at radius 3 is 2.25 bits per heavy atom. The minimum Gasteiger partial charge on any atom is -0.410 e. The summed E-state index contributed by atoms with van der Waals surface area (Å²) in [5, 5.41) is 0.207. The Kier molecular flexibility index (Phi) is 3.71. The van der Waals surface area contributed by atoms with Crippen LogP contribution in [-0.4, -0.2) is 27.1 Å². The second kappa shape index (κ2) is 5.59. The normalized spacial score (nSPS) is 35.6. The molecule has 6 rings (SSSR count). The van der Waals surface area contributed by atoms with Crippen LogP contribution in [0.5, 0.6) is 0 Å². The van der Waals surface area contributed by atoms with E-state index in [9.17, 15) is 0 Å². The lowest BCUT2D eigenvalue weighted by molar-refractivity contribution is 0.0385. The fraction of sp³-hybridized carbons (Fsp3) is 0.520. The SMILES string of the molecule is CO[C@H]1[C@@H]2[C@H]3c4ccccc4[C@]1(c1ccccc1)C[C@@]23O[Si](C)(C)C(C)(C)C. The summed E-state index contributed by atoms with van der Waals surface area (Å²) in [4.78, 5) is 0. The van der Waals surface area contributed by atoms with Gasteiger partial charge in [0.25, 0.3) is 0 Å². The molecule has 0 radical (unpaired) electrons. The third-order valence-corrected chi connectivity index (χ3v) is 12.8. The molecule has 2 aromatic rings. The number of methoxy groups -OCH3 is 1. The molecule has 4 bridgehead atoms. The van der Waals surface area contributed by atoms with Crippen LogP contribution in [0.4, 0.5) is 0 Å². The van der Waals surface area contributed by atoms with E-state index < -0.39 is 8.32 Å².